The van der Waals surface area contributed by atoms with Crippen molar-refractivity contribution in [2.45, 2.75) is 0 Å². The van der Waals surface area contributed by atoms with Gasteiger partial charge in [-0.05, 0) is 17.7 Å². The predicted octanol–water partition coefficient (Wildman–Crippen LogP) is 0.910. The molecule has 3 rings (SSSR count). The Morgan fingerprint density at radius 1 is 1.10 bits per heavy atom. The number of carbonyl (C=O) groups is 1. The lowest BCUT2D eigenvalue weighted by Crippen LogP contribution is -2.21. The van der Waals surface area contributed by atoms with E-state index in [0.717, 1.165) is 0 Å². The second-order valence-electron chi connectivity index (χ2n) is 4.25. The van der Waals surface area contributed by atoms with Gasteiger partial charge in [0.15, 0.2) is 0 Å². The molecule has 20 heavy (non-hydrogen) atoms. The van der Waals surface area contributed by atoms with Gasteiger partial charge in [-0.2, -0.15) is 0 Å². The standard InChI is InChI=1S/C13H9N3O4/c17-11-10-9(15-13(20)16-11)8(5-14-10)6-2-1-3-7(4-6)12(18)19/h1-5,14H,(H,18,19)(H2,15,16,17,20). The summed E-state index contributed by atoms with van der Waals surface area (Å²) in [4.78, 5) is 41.4. The molecule has 0 aliphatic carbocycles. The average Bonchev–Trinajstić information content (AvgIpc) is 2.82. The molecule has 4 N–H and O–H groups in total. The lowest BCUT2D eigenvalue weighted by Gasteiger charge is -2.01. The van der Waals surface area contributed by atoms with Crippen LogP contribution < -0.4 is 11.2 Å². The molecule has 0 saturated heterocycles. The highest BCUT2D eigenvalue weighted by molar-refractivity contribution is 5.94. The number of hydrogen-bond acceptors (Lipinski definition) is 3. The largest absolute Gasteiger partial charge is 0.478 e. The lowest BCUT2D eigenvalue weighted by atomic mass is 10.0. The summed E-state index contributed by atoms with van der Waals surface area (Å²) in [5.41, 5.74) is 0.733. The van der Waals surface area contributed by atoms with Gasteiger partial charge < -0.3 is 15.1 Å². The fraction of sp³-hybridized carbons (Fsp3) is 0. The minimum absolute atomic E-state index is 0.129. The highest BCUT2D eigenvalue weighted by Gasteiger charge is 2.11. The molecule has 0 saturated carbocycles. The van der Waals surface area contributed by atoms with Crippen LogP contribution in [0.25, 0.3) is 22.2 Å². The first-order chi connectivity index (χ1) is 9.56. The summed E-state index contributed by atoms with van der Waals surface area (Å²) in [6.45, 7) is 0. The van der Waals surface area contributed by atoms with Gasteiger partial charge in [-0.25, -0.2) is 9.59 Å². The third kappa shape index (κ3) is 1.81. The summed E-state index contributed by atoms with van der Waals surface area (Å²) in [6.07, 6.45) is 1.55. The van der Waals surface area contributed by atoms with Gasteiger partial charge in [0.25, 0.3) is 5.56 Å². The van der Waals surface area contributed by atoms with Crippen LogP contribution in [-0.2, 0) is 0 Å². The van der Waals surface area contributed by atoms with Crippen LogP contribution in [0, 0.1) is 0 Å². The number of aromatic amines is 3. The first-order valence-corrected chi connectivity index (χ1v) is 5.73. The van der Waals surface area contributed by atoms with E-state index in [-0.39, 0.29) is 11.1 Å². The first-order valence-electron chi connectivity index (χ1n) is 5.73. The molecular weight excluding hydrogens is 262 g/mol. The molecule has 0 bridgehead atoms. The third-order valence-corrected chi connectivity index (χ3v) is 2.99. The van der Waals surface area contributed by atoms with Gasteiger partial charge in [0.1, 0.15) is 5.52 Å². The minimum atomic E-state index is -1.04. The van der Waals surface area contributed by atoms with Crippen LogP contribution in [0.5, 0.6) is 0 Å². The Morgan fingerprint density at radius 2 is 1.90 bits per heavy atom. The van der Waals surface area contributed by atoms with Gasteiger partial charge in [-0.3, -0.25) is 9.78 Å². The van der Waals surface area contributed by atoms with Crippen molar-refractivity contribution < 1.29 is 9.90 Å². The van der Waals surface area contributed by atoms with E-state index in [2.05, 4.69) is 15.0 Å². The number of H-pyrrole nitrogens is 3. The zero-order chi connectivity index (χ0) is 14.3. The number of carboxylic acids is 1. The zero-order valence-electron chi connectivity index (χ0n) is 10.1. The SMILES string of the molecule is O=C(O)c1cccc(-c2c[nH]c3c(=O)[nH]c(=O)[nH]c23)c1. The maximum absolute atomic E-state index is 11.6. The maximum Gasteiger partial charge on any atom is 0.335 e. The average molecular weight is 271 g/mol. The van der Waals surface area contributed by atoms with E-state index < -0.39 is 17.2 Å². The molecule has 0 atom stereocenters. The van der Waals surface area contributed by atoms with Crippen molar-refractivity contribution >= 4 is 17.0 Å². The lowest BCUT2D eigenvalue weighted by molar-refractivity contribution is 0.0697. The van der Waals surface area contributed by atoms with Crippen molar-refractivity contribution in [1.82, 2.24) is 15.0 Å². The van der Waals surface area contributed by atoms with Crippen molar-refractivity contribution in [2.75, 3.05) is 0 Å². The molecule has 7 nitrogen and oxygen atoms in total. The first kappa shape index (κ1) is 12.0. The molecule has 3 aromatic rings. The van der Waals surface area contributed by atoms with Gasteiger partial charge in [0.2, 0.25) is 0 Å². The summed E-state index contributed by atoms with van der Waals surface area (Å²) < 4.78 is 0. The highest BCUT2D eigenvalue weighted by Crippen LogP contribution is 2.25. The normalized spacial score (nSPS) is 10.8. The smallest absolute Gasteiger partial charge is 0.335 e. The number of fused-ring (bicyclic) bond motifs is 1. The summed E-state index contributed by atoms with van der Waals surface area (Å²) in [6, 6.07) is 6.25. The van der Waals surface area contributed by atoms with Gasteiger partial charge in [0.05, 0.1) is 11.1 Å². The van der Waals surface area contributed by atoms with Crippen molar-refractivity contribution in [3.63, 3.8) is 0 Å². The molecule has 2 heterocycles. The number of hydrogen-bond donors (Lipinski definition) is 4. The number of nitrogens with one attached hydrogen (secondary N) is 3. The van der Waals surface area contributed by atoms with E-state index >= 15 is 0 Å². The van der Waals surface area contributed by atoms with Gasteiger partial charge in [0, 0.05) is 11.8 Å². The molecule has 0 aliphatic rings. The van der Waals surface area contributed by atoms with Crippen LogP contribution in [0.4, 0.5) is 0 Å². The Labute approximate surface area is 110 Å². The molecule has 7 heteroatoms. The van der Waals surface area contributed by atoms with Crippen molar-refractivity contribution in [3.8, 4) is 11.1 Å². The molecule has 0 amide bonds. The van der Waals surface area contributed by atoms with Gasteiger partial charge in [-0.15, -0.1) is 0 Å². The summed E-state index contributed by atoms with van der Waals surface area (Å²) in [5.74, 6) is -1.04. The Morgan fingerprint density at radius 3 is 2.65 bits per heavy atom. The monoisotopic (exact) mass is 271 g/mol. The molecule has 0 aliphatic heterocycles. The highest BCUT2D eigenvalue weighted by atomic mass is 16.4. The van der Waals surface area contributed by atoms with Crippen molar-refractivity contribution in [1.29, 1.82) is 0 Å². The topological polar surface area (TPSA) is 119 Å². The van der Waals surface area contributed by atoms with E-state index in [1.807, 2.05) is 0 Å². The Hall–Kier alpha value is -3.09. The molecule has 0 fully saturated rings. The van der Waals surface area contributed by atoms with Gasteiger partial charge >= 0.3 is 11.7 Å². The number of rotatable bonds is 2. The molecular formula is C13H9N3O4. The van der Waals surface area contributed by atoms with Crippen LogP contribution in [0.2, 0.25) is 0 Å². The second-order valence-corrected chi connectivity index (χ2v) is 4.25. The Kier molecular flexibility index (Phi) is 2.53. The van der Waals surface area contributed by atoms with E-state index in [1.165, 1.54) is 12.1 Å². The molecule has 1 aromatic carbocycles. The van der Waals surface area contributed by atoms with Gasteiger partial charge in [-0.1, -0.05) is 12.1 Å². The van der Waals surface area contributed by atoms with Crippen LogP contribution in [-0.4, -0.2) is 26.0 Å². The summed E-state index contributed by atoms with van der Waals surface area (Å²) in [5, 5.41) is 8.99. The number of aromatic nitrogens is 3. The zero-order valence-corrected chi connectivity index (χ0v) is 10.1. The number of benzene rings is 1. The van der Waals surface area contributed by atoms with E-state index in [1.54, 1.807) is 18.3 Å². The van der Waals surface area contributed by atoms with E-state index in [9.17, 15) is 14.4 Å². The van der Waals surface area contributed by atoms with Crippen LogP contribution in [0.15, 0.2) is 40.1 Å². The van der Waals surface area contributed by atoms with E-state index in [0.29, 0.717) is 16.6 Å². The predicted molar refractivity (Wildman–Crippen MR) is 71.9 cm³/mol. The summed E-state index contributed by atoms with van der Waals surface area (Å²) >= 11 is 0. The quantitative estimate of drug-likeness (QED) is 0.553. The Bertz CT molecular complexity index is 932. The van der Waals surface area contributed by atoms with Crippen LogP contribution in [0.3, 0.4) is 0 Å². The van der Waals surface area contributed by atoms with Crippen molar-refractivity contribution in [3.05, 3.63) is 56.9 Å². The van der Waals surface area contributed by atoms with E-state index in [4.69, 9.17) is 5.11 Å². The maximum atomic E-state index is 11.6. The molecule has 0 spiro atoms. The molecule has 0 unspecified atom stereocenters. The van der Waals surface area contributed by atoms with Crippen molar-refractivity contribution in [2.24, 2.45) is 0 Å². The molecule has 100 valence electrons. The van der Waals surface area contributed by atoms with Crippen LogP contribution in [0.1, 0.15) is 10.4 Å². The third-order valence-electron chi connectivity index (χ3n) is 2.99. The molecule has 0 radical (unpaired) electrons. The minimum Gasteiger partial charge on any atom is -0.478 e. The second kappa shape index (κ2) is 4.23. The fourth-order valence-electron chi connectivity index (χ4n) is 2.09. The van der Waals surface area contributed by atoms with Crippen LogP contribution >= 0.6 is 0 Å². The summed E-state index contributed by atoms with van der Waals surface area (Å²) in [7, 11) is 0. The fourth-order valence-corrected chi connectivity index (χ4v) is 2.09. The number of carboxylic acid groups (broad SMARTS) is 1. The molecule has 2 aromatic heterocycles. The number of aromatic carboxylic acids is 1. The Balaban J connectivity index is 2.30.